The monoisotopic (exact) mass is 363 g/mol. The molecule has 6 nitrogen and oxygen atoms in total. The van der Waals surface area contributed by atoms with Crippen LogP contribution in [0.3, 0.4) is 0 Å². The van der Waals surface area contributed by atoms with Gasteiger partial charge in [0.15, 0.2) is 0 Å². The average Bonchev–Trinajstić information content (AvgIpc) is 2.46. The lowest BCUT2D eigenvalue weighted by Gasteiger charge is -2.19. The van der Waals surface area contributed by atoms with Gasteiger partial charge in [0.2, 0.25) is 5.91 Å². The fourth-order valence-electron chi connectivity index (χ4n) is 1.95. The van der Waals surface area contributed by atoms with Crippen LogP contribution >= 0.6 is 23.2 Å². The first kappa shape index (κ1) is 19.8. The molecule has 0 saturated carbocycles. The fraction of sp³-hybridized carbons (Fsp3) is 0.429. The van der Waals surface area contributed by atoms with E-state index < -0.39 is 24.9 Å². The molecule has 0 aliphatic rings. The number of carbonyl (C=O) groups is 2. The Morgan fingerprint density at radius 1 is 1.26 bits per heavy atom. The number of hydrogen-bond donors (Lipinski definition) is 4. The summed E-state index contributed by atoms with van der Waals surface area (Å²) in [6, 6.07) is 4.43. The minimum Gasteiger partial charge on any atom is -0.426 e. The highest BCUT2D eigenvalue weighted by molar-refractivity contribution is 6.43. The van der Waals surface area contributed by atoms with E-state index in [4.69, 9.17) is 23.2 Å². The Hall–Kier alpha value is -1.28. The number of nitrogens with one attached hydrogen (secondary N) is 2. The molecule has 9 heteroatoms. The van der Waals surface area contributed by atoms with Crippen LogP contribution in [-0.4, -0.2) is 41.5 Å². The summed E-state index contributed by atoms with van der Waals surface area (Å²) in [5.74, 6) is -1.70. The molecule has 126 valence electrons. The van der Waals surface area contributed by atoms with Crippen LogP contribution in [0.1, 0.15) is 30.6 Å². The minimum atomic E-state index is -1.67. The van der Waals surface area contributed by atoms with Crippen molar-refractivity contribution in [3.63, 3.8) is 0 Å². The summed E-state index contributed by atoms with van der Waals surface area (Å²) in [7, 11) is -1.67. The standard InChI is InChI=1S/C14H19BCl2N2O4/c1-8(2)5-12(15(22)23)19-13(20)7-18-14(21)10-6-9(16)3-4-11(10)17/h3-4,6,8,12,22-23H,5,7H2,1-2H3,(H,18,21)(H,19,20)/t12-/m0/s1/i7+1,13+1,18+1. The molecular weight excluding hydrogens is 345 g/mol. The Morgan fingerprint density at radius 2 is 1.91 bits per heavy atom. The molecule has 0 bridgehead atoms. The maximum atomic E-state index is 12.0. The molecule has 1 aromatic rings. The predicted octanol–water partition coefficient (Wildman–Crippen LogP) is 1.27. The molecule has 0 aliphatic carbocycles. The van der Waals surface area contributed by atoms with Crippen molar-refractivity contribution >= 4 is 42.1 Å². The molecular formula is C14H19BCl2N2O4. The van der Waals surface area contributed by atoms with E-state index in [9.17, 15) is 19.6 Å². The van der Waals surface area contributed by atoms with Crippen molar-refractivity contribution in [3.8, 4) is 0 Å². The largest absolute Gasteiger partial charge is 0.475 e. The number of hydrogen-bond acceptors (Lipinski definition) is 4. The number of halogens is 2. The molecule has 23 heavy (non-hydrogen) atoms. The fourth-order valence-corrected chi connectivity index (χ4v) is 2.32. The lowest BCUT2D eigenvalue weighted by atomic mass is 9.75. The molecule has 0 radical (unpaired) electrons. The van der Waals surface area contributed by atoms with E-state index >= 15 is 0 Å². The van der Waals surface area contributed by atoms with E-state index in [1.54, 1.807) is 6.07 Å². The van der Waals surface area contributed by atoms with Crippen LogP contribution < -0.4 is 10.6 Å². The van der Waals surface area contributed by atoms with Gasteiger partial charge in [0.25, 0.3) is 5.91 Å². The van der Waals surface area contributed by atoms with Gasteiger partial charge in [-0.3, -0.25) is 9.59 Å². The van der Waals surface area contributed by atoms with E-state index in [0.717, 1.165) is 0 Å². The van der Waals surface area contributed by atoms with E-state index in [2.05, 4.69) is 10.6 Å². The number of rotatable bonds is 7. The smallest absolute Gasteiger partial charge is 0.426 e. The molecule has 0 aliphatic heterocycles. The Balaban J connectivity index is 2.58. The van der Waals surface area contributed by atoms with Crippen LogP contribution in [-0.2, 0) is 4.79 Å². The second-order valence-electron chi connectivity index (χ2n) is 5.52. The van der Waals surface area contributed by atoms with E-state index in [-0.39, 0.29) is 23.0 Å². The number of carbonyl (C=O) groups excluding carboxylic acids is 2. The summed E-state index contributed by atoms with van der Waals surface area (Å²) in [5, 5.41) is 24.0. The van der Waals surface area contributed by atoms with Gasteiger partial charge < -0.3 is 20.7 Å². The van der Waals surface area contributed by atoms with Crippen molar-refractivity contribution in [1.82, 2.24) is 10.6 Å². The van der Waals surface area contributed by atoms with E-state index in [1.807, 2.05) is 13.8 Å². The highest BCUT2D eigenvalue weighted by Gasteiger charge is 2.26. The summed E-state index contributed by atoms with van der Waals surface area (Å²) < 4.78 is 0. The Morgan fingerprint density at radius 3 is 2.48 bits per heavy atom. The van der Waals surface area contributed by atoms with Crippen LogP contribution in [0.4, 0.5) is 0 Å². The van der Waals surface area contributed by atoms with Crippen LogP contribution in [0.15, 0.2) is 18.2 Å². The molecule has 1 aromatic carbocycles. The summed E-state index contributed by atoms with van der Waals surface area (Å²) in [6.07, 6.45) is 0.400. The maximum absolute atomic E-state index is 12.0. The van der Waals surface area contributed by atoms with Gasteiger partial charge in [0, 0.05) is 5.02 Å². The maximum Gasteiger partial charge on any atom is 0.475 e. The third-order valence-electron chi connectivity index (χ3n) is 3.01. The second kappa shape index (κ2) is 9.13. The third kappa shape index (κ3) is 6.79. The molecule has 0 fully saturated rings. The topological polar surface area (TPSA) is 98.7 Å². The average molecular weight is 364 g/mol. The Bertz CT molecular complexity index is 570. The number of benzene rings is 1. The van der Waals surface area contributed by atoms with Crippen molar-refractivity contribution in [2.75, 3.05) is 6.54 Å². The van der Waals surface area contributed by atoms with Crippen molar-refractivity contribution in [2.45, 2.75) is 26.2 Å². The molecule has 0 spiro atoms. The summed E-state index contributed by atoms with van der Waals surface area (Å²) in [4.78, 5) is 23.8. The first-order valence-corrected chi connectivity index (χ1v) is 7.85. The lowest BCUT2D eigenvalue weighted by Crippen LogP contribution is -2.50. The van der Waals surface area contributed by atoms with Crippen LogP contribution in [0, 0.1) is 5.92 Å². The summed E-state index contributed by atoms with van der Waals surface area (Å²) in [6.45, 7) is 3.47. The highest BCUT2D eigenvalue weighted by Crippen LogP contribution is 2.20. The Kier molecular flexibility index (Phi) is 7.84. The van der Waals surface area contributed by atoms with Crippen molar-refractivity contribution in [1.29, 1.82) is 0 Å². The van der Waals surface area contributed by atoms with Crippen LogP contribution in [0.2, 0.25) is 10.0 Å². The predicted molar refractivity (Wildman–Crippen MR) is 90.4 cm³/mol. The Labute approximate surface area is 145 Å². The van der Waals surface area contributed by atoms with Gasteiger partial charge in [-0.25, -0.2) is 0 Å². The molecule has 0 saturated heterocycles. The van der Waals surface area contributed by atoms with Gasteiger partial charge in [-0.15, -0.1) is 0 Å². The molecule has 1 rings (SSSR count). The SMILES string of the molecule is CC(C)C[C@H](N[13C](=O)[13CH2][15NH]C(=O)c1cc(Cl)ccc1Cl)B(O)O. The molecule has 4 N–H and O–H groups in total. The first-order chi connectivity index (χ1) is 10.7. The van der Waals surface area contributed by atoms with Crippen molar-refractivity contribution in [3.05, 3.63) is 33.8 Å². The second-order valence-corrected chi connectivity index (χ2v) is 6.37. The van der Waals surface area contributed by atoms with Gasteiger partial charge in [0.05, 0.1) is 23.1 Å². The zero-order valence-corrected chi connectivity index (χ0v) is 14.4. The lowest BCUT2D eigenvalue weighted by molar-refractivity contribution is -0.120. The normalized spacial score (nSPS) is 12.0. The molecule has 0 aromatic heterocycles. The minimum absolute atomic E-state index is 0.160. The zero-order valence-electron chi connectivity index (χ0n) is 12.8. The molecule has 0 heterocycles. The molecule has 2 amide bonds. The number of amides is 2. The first-order valence-electron chi connectivity index (χ1n) is 7.09. The highest BCUT2D eigenvalue weighted by atomic mass is 35.5. The van der Waals surface area contributed by atoms with E-state index in [1.165, 1.54) is 12.1 Å². The van der Waals surface area contributed by atoms with Crippen LogP contribution in [0.25, 0.3) is 0 Å². The van der Waals surface area contributed by atoms with Gasteiger partial charge in [-0.1, -0.05) is 37.0 Å². The summed E-state index contributed by atoms with van der Waals surface area (Å²) in [5.41, 5.74) is 0.160. The van der Waals surface area contributed by atoms with Gasteiger partial charge in [0.1, 0.15) is 0 Å². The van der Waals surface area contributed by atoms with Gasteiger partial charge >= 0.3 is 7.12 Å². The zero-order chi connectivity index (χ0) is 17.6. The van der Waals surface area contributed by atoms with Crippen molar-refractivity contribution < 1.29 is 19.6 Å². The summed E-state index contributed by atoms with van der Waals surface area (Å²) >= 11 is 11.7. The molecule has 1 atom stereocenters. The van der Waals surface area contributed by atoms with Gasteiger partial charge in [-0.2, -0.15) is 0 Å². The quantitative estimate of drug-likeness (QED) is 0.333. The van der Waals surface area contributed by atoms with Crippen LogP contribution in [0.5, 0.6) is 0 Å². The molecule has 0 unspecified atom stereocenters. The van der Waals surface area contributed by atoms with Gasteiger partial charge in [-0.05, 0) is 30.5 Å². The third-order valence-corrected chi connectivity index (χ3v) is 3.58. The van der Waals surface area contributed by atoms with E-state index in [0.29, 0.717) is 11.4 Å². The van der Waals surface area contributed by atoms with Crippen molar-refractivity contribution in [2.24, 2.45) is 5.92 Å².